The predicted molar refractivity (Wildman–Crippen MR) is 38.8 cm³/mol. The number of hydrogen-bond donors (Lipinski definition) is 0. The maximum atomic E-state index is 3.68. The summed E-state index contributed by atoms with van der Waals surface area (Å²) in [5, 5.41) is 0. The van der Waals surface area contributed by atoms with E-state index in [9.17, 15) is 0 Å². The van der Waals surface area contributed by atoms with E-state index in [0.717, 1.165) is 6.42 Å². The fourth-order valence-electron chi connectivity index (χ4n) is 0.447. The second-order valence-electron chi connectivity index (χ2n) is 2.02. The molecule has 70 valence electrons. The molecule has 0 aromatic carbocycles. The topological polar surface area (TPSA) is 0 Å². The molecule has 0 fully saturated rings. The zero-order valence-electron chi connectivity index (χ0n) is 6.80. The van der Waals surface area contributed by atoms with Crippen LogP contribution in [0.4, 0.5) is 0 Å². The van der Waals surface area contributed by atoms with Gasteiger partial charge in [-0.15, -0.1) is 6.58 Å². The van der Waals surface area contributed by atoms with Crippen LogP contribution < -0.4 is 24.8 Å². The molecule has 3 heteroatoms. The van der Waals surface area contributed by atoms with E-state index in [1.165, 1.54) is 0 Å². The molecule has 0 aliphatic rings. The van der Waals surface area contributed by atoms with Crippen LogP contribution in [0, 0.1) is 5.92 Å². The van der Waals surface area contributed by atoms with Gasteiger partial charge in [-0.3, -0.25) is 0 Å². The molecule has 0 saturated carbocycles. The summed E-state index contributed by atoms with van der Waals surface area (Å²) in [7, 11) is 0. The number of hydrogen-bond acceptors (Lipinski definition) is 0. The van der Waals surface area contributed by atoms with Crippen LogP contribution in [-0.4, -0.2) is 0 Å². The Morgan fingerprint density at radius 2 is 1.82 bits per heavy atom. The Morgan fingerprint density at radius 1 is 1.36 bits per heavy atom. The largest absolute Gasteiger partial charge is 2.00 e. The van der Waals surface area contributed by atoms with Crippen molar-refractivity contribution < 1.29 is 45.9 Å². The van der Waals surface area contributed by atoms with Gasteiger partial charge in [0.1, 0.15) is 0 Å². The van der Waals surface area contributed by atoms with E-state index < -0.39 is 0 Å². The van der Waals surface area contributed by atoms with Crippen molar-refractivity contribution in [2.24, 2.45) is 5.92 Å². The van der Waals surface area contributed by atoms with Crippen LogP contribution in [0.5, 0.6) is 0 Å². The maximum absolute atomic E-state index is 3.68. The minimum absolute atomic E-state index is 0. The normalized spacial score (nSPS) is 10.4. The van der Waals surface area contributed by atoms with Gasteiger partial charge in [-0.2, -0.15) is 0 Å². The van der Waals surface area contributed by atoms with Crippen molar-refractivity contribution in [3.05, 3.63) is 24.8 Å². The molecule has 0 heterocycles. The van der Waals surface area contributed by atoms with E-state index in [1.807, 2.05) is 13.0 Å². The van der Waals surface area contributed by atoms with E-state index in [2.05, 4.69) is 25.7 Å². The van der Waals surface area contributed by atoms with Gasteiger partial charge in [0.15, 0.2) is 0 Å². The maximum Gasteiger partial charge on any atom is 2.00 e. The van der Waals surface area contributed by atoms with Crippen LogP contribution in [0.1, 0.15) is 20.3 Å². The summed E-state index contributed by atoms with van der Waals surface area (Å²) in [5.74, 6) is 0.631. The first-order chi connectivity index (χ1) is 3.81. The Hall–Kier alpha value is 0.748. The SMILES string of the molecule is C=CC(C)CC=CC.[Cl-].[Cl-].[Pt+2]. The minimum Gasteiger partial charge on any atom is -1.00 e. The van der Waals surface area contributed by atoms with Crippen molar-refractivity contribution in [1.29, 1.82) is 0 Å². The summed E-state index contributed by atoms with van der Waals surface area (Å²) >= 11 is 0. The molecule has 0 saturated heterocycles. The predicted octanol–water partition coefficient (Wildman–Crippen LogP) is -3.22. The Bertz CT molecular complexity index is 92.1. The molecule has 11 heavy (non-hydrogen) atoms. The van der Waals surface area contributed by atoms with Crippen LogP contribution in [0.25, 0.3) is 0 Å². The molecule has 0 N–H and O–H groups in total. The van der Waals surface area contributed by atoms with Crippen LogP contribution in [0.2, 0.25) is 0 Å². The summed E-state index contributed by atoms with van der Waals surface area (Å²) in [5.41, 5.74) is 0. The second kappa shape index (κ2) is 17.0. The standard InChI is InChI=1S/C8H14.2ClH.Pt/c1-4-6-7-8(3)5-2;;;/h4-6,8H,2,7H2,1,3H3;2*1H;/q;;;+2/p-2. The van der Waals surface area contributed by atoms with Gasteiger partial charge in [0.25, 0.3) is 0 Å². The summed E-state index contributed by atoms with van der Waals surface area (Å²) in [6, 6.07) is 0. The van der Waals surface area contributed by atoms with Gasteiger partial charge in [0.2, 0.25) is 0 Å². The van der Waals surface area contributed by atoms with Gasteiger partial charge in [0, 0.05) is 0 Å². The van der Waals surface area contributed by atoms with Gasteiger partial charge < -0.3 is 24.8 Å². The molecule has 0 aromatic heterocycles. The third-order valence-electron chi connectivity index (χ3n) is 1.15. The number of allylic oxidation sites excluding steroid dienone is 3. The molecule has 1 unspecified atom stereocenters. The van der Waals surface area contributed by atoms with E-state index >= 15 is 0 Å². The Balaban J connectivity index is -0.0000000817. The molecule has 0 nitrogen and oxygen atoms in total. The number of halogens is 2. The first kappa shape index (κ1) is 22.6. The van der Waals surface area contributed by atoms with Crippen molar-refractivity contribution in [2.45, 2.75) is 20.3 Å². The van der Waals surface area contributed by atoms with E-state index in [1.54, 1.807) is 0 Å². The van der Waals surface area contributed by atoms with Gasteiger partial charge in [-0.25, -0.2) is 0 Å². The van der Waals surface area contributed by atoms with Crippen molar-refractivity contribution in [3.8, 4) is 0 Å². The van der Waals surface area contributed by atoms with E-state index in [0.29, 0.717) is 5.92 Å². The second-order valence-corrected chi connectivity index (χ2v) is 2.02. The van der Waals surface area contributed by atoms with Gasteiger partial charge in [-0.1, -0.05) is 25.2 Å². The molecular formula is C8H14Cl2Pt. The molecule has 1 atom stereocenters. The molecule has 0 aromatic rings. The quantitative estimate of drug-likeness (QED) is 0.455. The van der Waals surface area contributed by atoms with Gasteiger partial charge in [0.05, 0.1) is 0 Å². The van der Waals surface area contributed by atoms with E-state index in [4.69, 9.17) is 0 Å². The first-order valence-electron chi connectivity index (χ1n) is 3.05. The third-order valence-corrected chi connectivity index (χ3v) is 1.15. The molecule has 0 amide bonds. The fraction of sp³-hybridized carbons (Fsp3) is 0.500. The molecule has 0 aliphatic carbocycles. The summed E-state index contributed by atoms with van der Waals surface area (Å²) in [4.78, 5) is 0. The van der Waals surface area contributed by atoms with Crippen LogP contribution in [-0.2, 0) is 21.1 Å². The van der Waals surface area contributed by atoms with Crippen molar-refractivity contribution in [2.75, 3.05) is 0 Å². The first-order valence-corrected chi connectivity index (χ1v) is 3.05. The number of rotatable bonds is 3. The summed E-state index contributed by atoms with van der Waals surface area (Å²) < 4.78 is 0. The molecule has 0 radical (unpaired) electrons. The van der Waals surface area contributed by atoms with Crippen LogP contribution in [0.15, 0.2) is 24.8 Å². The average molecular weight is 376 g/mol. The zero-order chi connectivity index (χ0) is 6.41. The Labute approximate surface area is 96.6 Å². The van der Waals surface area contributed by atoms with Crippen LogP contribution >= 0.6 is 0 Å². The van der Waals surface area contributed by atoms with Crippen LogP contribution in [0.3, 0.4) is 0 Å². The molecule has 0 rings (SSSR count). The fourth-order valence-corrected chi connectivity index (χ4v) is 0.447. The average Bonchev–Trinajstić information content (AvgIpc) is 1.83. The van der Waals surface area contributed by atoms with Crippen molar-refractivity contribution in [3.63, 3.8) is 0 Å². The molecule has 0 bridgehead atoms. The van der Waals surface area contributed by atoms with E-state index in [-0.39, 0.29) is 45.9 Å². The van der Waals surface area contributed by atoms with Gasteiger partial charge >= 0.3 is 21.1 Å². The Kier molecular flexibility index (Phi) is 35.0. The molecule has 0 spiro atoms. The van der Waals surface area contributed by atoms with Gasteiger partial charge in [-0.05, 0) is 19.3 Å². The summed E-state index contributed by atoms with van der Waals surface area (Å²) in [6.07, 6.45) is 7.33. The zero-order valence-corrected chi connectivity index (χ0v) is 10.6. The van der Waals surface area contributed by atoms with Crippen molar-refractivity contribution >= 4 is 0 Å². The summed E-state index contributed by atoms with van der Waals surface area (Å²) in [6.45, 7) is 7.88. The van der Waals surface area contributed by atoms with Crippen molar-refractivity contribution in [1.82, 2.24) is 0 Å². The molecular weight excluding hydrogens is 362 g/mol. The third kappa shape index (κ3) is 18.1. The minimum atomic E-state index is 0. The monoisotopic (exact) mass is 375 g/mol. The smallest absolute Gasteiger partial charge is 1.00 e. The molecule has 0 aliphatic heterocycles. The Morgan fingerprint density at radius 3 is 2.09 bits per heavy atom.